The molecule has 0 amide bonds. The van der Waals surface area contributed by atoms with Gasteiger partial charge in [-0.25, -0.2) is 4.98 Å². The topological polar surface area (TPSA) is 82.7 Å². The number of furan rings is 1. The molecule has 86 valence electrons. The number of hydrogen-bond acceptors (Lipinski definition) is 4. The SMILES string of the molecule is N#Cc1cnc(-c2cc3ccccc3o2)[nH]c1=O. The smallest absolute Gasteiger partial charge is 0.269 e. The van der Waals surface area contributed by atoms with Crippen LogP contribution >= 0.6 is 0 Å². The molecule has 1 N–H and O–H groups in total. The molecule has 0 saturated carbocycles. The third kappa shape index (κ3) is 1.57. The number of nitrogens with zero attached hydrogens (tertiary/aromatic N) is 2. The highest BCUT2D eigenvalue weighted by atomic mass is 16.3. The van der Waals surface area contributed by atoms with Gasteiger partial charge in [-0.1, -0.05) is 18.2 Å². The van der Waals surface area contributed by atoms with Crippen LogP contribution in [0.3, 0.4) is 0 Å². The minimum Gasteiger partial charge on any atom is -0.453 e. The first-order chi connectivity index (χ1) is 8.78. The number of nitrogens with one attached hydrogen (secondary N) is 1. The lowest BCUT2D eigenvalue weighted by Crippen LogP contribution is -2.11. The van der Waals surface area contributed by atoms with E-state index in [1.54, 1.807) is 12.1 Å². The van der Waals surface area contributed by atoms with Crippen LogP contribution in [0.1, 0.15) is 5.56 Å². The Hall–Kier alpha value is -2.87. The van der Waals surface area contributed by atoms with Crippen molar-refractivity contribution >= 4 is 11.0 Å². The van der Waals surface area contributed by atoms with Gasteiger partial charge < -0.3 is 9.40 Å². The van der Waals surface area contributed by atoms with Crippen LogP contribution in [0.5, 0.6) is 0 Å². The van der Waals surface area contributed by atoms with Gasteiger partial charge in [0, 0.05) is 5.39 Å². The lowest BCUT2D eigenvalue weighted by Gasteiger charge is -1.94. The third-order valence-corrected chi connectivity index (χ3v) is 2.58. The molecule has 0 aliphatic carbocycles. The Morgan fingerprint density at radius 1 is 1.33 bits per heavy atom. The first-order valence-corrected chi connectivity index (χ1v) is 5.26. The van der Waals surface area contributed by atoms with Crippen LogP contribution in [-0.4, -0.2) is 9.97 Å². The Labute approximate surface area is 101 Å². The standard InChI is InChI=1S/C13H7N3O2/c14-6-9-7-15-12(16-13(9)17)11-5-8-3-1-2-4-10(8)18-11/h1-5,7H,(H,15,16,17). The minimum absolute atomic E-state index is 0.0186. The normalized spacial score (nSPS) is 10.4. The van der Waals surface area contributed by atoms with Gasteiger partial charge in [0.05, 0.1) is 6.20 Å². The summed E-state index contributed by atoms with van der Waals surface area (Å²) >= 11 is 0. The molecule has 3 rings (SSSR count). The van der Waals surface area contributed by atoms with Crippen LogP contribution in [0.25, 0.3) is 22.6 Å². The summed E-state index contributed by atoms with van der Waals surface area (Å²) in [5.41, 5.74) is 0.234. The molecule has 5 nitrogen and oxygen atoms in total. The first-order valence-electron chi connectivity index (χ1n) is 5.26. The molecule has 0 radical (unpaired) electrons. The van der Waals surface area contributed by atoms with Crippen molar-refractivity contribution in [2.24, 2.45) is 0 Å². The van der Waals surface area contributed by atoms with E-state index in [9.17, 15) is 4.79 Å². The number of rotatable bonds is 1. The van der Waals surface area contributed by atoms with Crippen molar-refractivity contribution < 1.29 is 4.42 Å². The molecule has 5 heteroatoms. The third-order valence-electron chi connectivity index (χ3n) is 2.58. The molecule has 2 heterocycles. The zero-order chi connectivity index (χ0) is 12.5. The van der Waals surface area contributed by atoms with Gasteiger partial charge in [0.15, 0.2) is 11.6 Å². The molecule has 0 aliphatic rings. The van der Waals surface area contributed by atoms with Crippen molar-refractivity contribution in [3.63, 3.8) is 0 Å². The summed E-state index contributed by atoms with van der Waals surface area (Å²) in [7, 11) is 0. The molecular weight excluding hydrogens is 230 g/mol. The van der Waals surface area contributed by atoms with Gasteiger partial charge in [-0.2, -0.15) is 5.26 Å². The second-order valence-electron chi connectivity index (χ2n) is 3.73. The van der Waals surface area contributed by atoms with Crippen LogP contribution in [0, 0.1) is 11.3 Å². The molecule has 3 aromatic rings. The summed E-state index contributed by atoms with van der Waals surface area (Å²) in [5.74, 6) is 0.785. The molecule has 2 aromatic heterocycles. The molecule has 0 unspecified atom stereocenters. The Morgan fingerprint density at radius 2 is 2.17 bits per heavy atom. The van der Waals surface area contributed by atoms with Crippen LogP contribution < -0.4 is 5.56 Å². The van der Waals surface area contributed by atoms with Gasteiger partial charge in [-0.05, 0) is 12.1 Å². The van der Waals surface area contributed by atoms with Crippen molar-refractivity contribution in [1.29, 1.82) is 5.26 Å². The van der Waals surface area contributed by atoms with E-state index in [-0.39, 0.29) is 5.56 Å². The number of aromatic nitrogens is 2. The molecule has 0 atom stereocenters. The van der Waals surface area contributed by atoms with Gasteiger partial charge in [0.2, 0.25) is 0 Å². The van der Waals surface area contributed by atoms with Crippen molar-refractivity contribution in [3.8, 4) is 17.7 Å². The summed E-state index contributed by atoms with van der Waals surface area (Å²) in [6.07, 6.45) is 1.24. The lowest BCUT2D eigenvalue weighted by atomic mass is 10.2. The molecule has 18 heavy (non-hydrogen) atoms. The van der Waals surface area contributed by atoms with Crippen molar-refractivity contribution in [2.75, 3.05) is 0 Å². The second kappa shape index (κ2) is 3.86. The van der Waals surface area contributed by atoms with Gasteiger partial charge in [-0.3, -0.25) is 4.79 Å². The van der Waals surface area contributed by atoms with Crippen LogP contribution in [0.15, 0.2) is 45.7 Å². The maximum absolute atomic E-state index is 11.5. The predicted octanol–water partition coefficient (Wildman–Crippen LogP) is 2.05. The fourth-order valence-electron chi connectivity index (χ4n) is 1.70. The predicted molar refractivity (Wildman–Crippen MR) is 64.8 cm³/mol. The number of H-pyrrole nitrogens is 1. The van der Waals surface area contributed by atoms with E-state index >= 15 is 0 Å². The highest BCUT2D eigenvalue weighted by molar-refractivity contribution is 5.81. The van der Waals surface area contributed by atoms with Gasteiger partial charge in [0.1, 0.15) is 17.2 Å². The zero-order valence-electron chi connectivity index (χ0n) is 9.18. The summed E-state index contributed by atoms with van der Waals surface area (Å²) in [4.78, 5) is 18.0. The van der Waals surface area contributed by atoms with E-state index in [2.05, 4.69) is 9.97 Å². The van der Waals surface area contributed by atoms with Crippen molar-refractivity contribution in [1.82, 2.24) is 9.97 Å². The Morgan fingerprint density at radius 3 is 2.89 bits per heavy atom. The van der Waals surface area contributed by atoms with Crippen LogP contribution in [0.2, 0.25) is 0 Å². The zero-order valence-corrected chi connectivity index (χ0v) is 9.18. The van der Waals surface area contributed by atoms with E-state index in [4.69, 9.17) is 9.68 Å². The van der Waals surface area contributed by atoms with Gasteiger partial charge >= 0.3 is 0 Å². The van der Waals surface area contributed by atoms with Gasteiger partial charge in [0.25, 0.3) is 5.56 Å². The van der Waals surface area contributed by atoms with E-state index in [1.807, 2.05) is 24.3 Å². The highest BCUT2D eigenvalue weighted by Crippen LogP contribution is 2.24. The maximum atomic E-state index is 11.5. The highest BCUT2D eigenvalue weighted by Gasteiger charge is 2.09. The molecule has 1 aromatic carbocycles. The number of para-hydroxylation sites is 1. The largest absolute Gasteiger partial charge is 0.453 e. The second-order valence-corrected chi connectivity index (χ2v) is 3.73. The summed E-state index contributed by atoms with van der Waals surface area (Å²) in [5, 5.41) is 9.59. The lowest BCUT2D eigenvalue weighted by molar-refractivity contribution is 0.624. The monoisotopic (exact) mass is 237 g/mol. The van der Waals surface area contributed by atoms with Gasteiger partial charge in [-0.15, -0.1) is 0 Å². The Kier molecular flexibility index (Phi) is 2.21. The molecular formula is C13H7N3O2. The fraction of sp³-hybridized carbons (Fsp3) is 0. The fourth-order valence-corrected chi connectivity index (χ4v) is 1.70. The van der Waals surface area contributed by atoms with E-state index in [0.29, 0.717) is 11.6 Å². The van der Waals surface area contributed by atoms with Crippen molar-refractivity contribution in [2.45, 2.75) is 0 Å². The molecule has 0 aliphatic heterocycles. The minimum atomic E-state index is -0.469. The van der Waals surface area contributed by atoms with E-state index < -0.39 is 5.56 Å². The molecule has 0 fully saturated rings. The Balaban J connectivity index is 2.18. The van der Waals surface area contributed by atoms with E-state index in [0.717, 1.165) is 11.0 Å². The number of nitriles is 1. The number of fused-ring (bicyclic) bond motifs is 1. The van der Waals surface area contributed by atoms with E-state index in [1.165, 1.54) is 6.20 Å². The number of benzene rings is 1. The Bertz CT molecular complexity index is 791. The van der Waals surface area contributed by atoms with Crippen LogP contribution in [-0.2, 0) is 0 Å². The average molecular weight is 237 g/mol. The first kappa shape index (κ1) is 10.3. The molecule has 0 saturated heterocycles. The number of hydrogen-bond donors (Lipinski definition) is 1. The molecule has 0 spiro atoms. The summed E-state index contributed by atoms with van der Waals surface area (Å²) in [6.45, 7) is 0. The van der Waals surface area contributed by atoms with Crippen molar-refractivity contribution in [3.05, 3.63) is 52.4 Å². The molecule has 0 bridgehead atoms. The number of aromatic amines is 1. The summed E-state index contributed by atoms with van der Waals surface area (Å²) < 4.78 is 5.57. The quantitative estimate of drug-likeness (QED) is 0.702. The maximum Gasteiger partial charge on any atom is 0.269 e. The summed E-state index contributed by atoms with van der Waals surface area (Å²) in [6, 6.07) is 11.1. The van der Waals surface area contributed by atoms with Crippen LogP contribution in [0.4, 0.5) is 0 Å². The average Bonchev–Trinajstić information content (AvgIpc) is 2.82.